The van der Waals surface area contributed by atoms with E-state index >= 15 is 0 Å². The number of anilines is 1. The summed E-state index contributed by atoms with van der Waals surface area (Å²) in [5.74, 6) is -1.58. The normalized spacial score (nSPS) is 12.7. The Morgan fingerprint density at radius 1 is 1.29 bits per heavy atom. The van der Waals surface area contributed by atoms with E-state index in [0.29, 0.717) is 5.69 Å². The van der Waals surface area contributed by atoms with E-state index in [0.717, 1.165) is 11.8 Å². The molecule has 0 aliphatic rings. The van der Waals surface area contributed by atoms with Crippen molar-refractivity contribution in [2.75, 3.05) is 11.6 Å². The van der Waals surface area contributed by atoms with Crippen molar-refractivity contribution >= 4 is 27.4 Å². The SMILES string of the molecule is Cc1ccc(S(C)(=O)=O)cc1NC(=O)CC(C)CC(=O)O. The molecule has 0 aromatic heterocycles. The summed E-state index contributed by atoms with van der Waals surface area (Å²) in [5.41, 5.74) is 1.16. The third-order valence-corrected chi connectivity index (χ3v) is 4.08. The van der Waals surface area contributed by atoms with Crippen LogP contribution in [0.15, 0.2) is 23.1 Å². The number of carboxylic acids is 1. The van der Waals surface area contributed by atoms with Crippen LogP contribution in [0.25, 0.3) is 0 Å². The summed E-state index contributed by atoms with van der Waals surface area (Å²) in [6.45, 7) is 3.43. The van der Waals surface area contributed by atoms with Crippen LogP contribution in [-0.2, 0) is 19.4 Å². The summed E-state index contributed by atoms with van der Waals surface area (Å²) in [6, 6.07) is 4.50. The maximum atomic E-state index is 11.9. The lowest BCUT2D eigenvalue weighted by Gasteiger charge is -2.12. The molecule has 1 rings (SSSR count). The zero-order valence-corrected chi connectivity index (χ0v) is 13.0. The Bertz CT molecular complexity index is 651. The first kappa shape index (κ1) is 17.2. The van der Waals surface area contributed by atoms with Gasteiger partial charge in [-0.25, -0.2) is 8.42 Å². The van der Waals surface area contributed by atoms with Crippen LogP contribution < -0.4 is 5.32 Å². The number of carbonyl (C=O) groups excluding carboxylic acids is 1. The van der Waals surface area contributed by atoms with E-state index in [2.05, 4.69) is 5.32 Å². The predicted octanol–water partition coefficient (Wildman–Crippen LogP) is 1.84. The quantitative estimate of drug-likeness (QED) is 0.834. The molecule has 0 saturated carbocycles. The molecule has 0 heterocycles. The van der Waals surface area contributed by atoms with Crippen LogP contribution in [0.5, 0.6) is 0 Å². The minimum atomic E-state index is -3.35. The van der Waals surface area contributed by atoms with E-state index in [4.69, 9.17) is 5.11 Å². The molecule has 0 saturated heterocycles. The van der Waals surface area contributed by atoms with Crippen molar-refractivity contribution in [3.05, 3.63) is 23.8 Å². The van der Waals surface area contributed by atoms with Crippen LogP contribution in [-0.4, -0.2) is 31.7 Å². The summed E-state index contributed by atoms with van der Waals surface area (Å²) in [7, 11) is -3.35. The first-order chi connectivity index (χ1) is 9.59. The molecule has 0 fully saturated rings. The number of aryl methyl sites for hydroxylation is 1. The minimum absolute atomic E-state index is 0.0643. The van der Waals surface area contributed by atoms with E-state index < -0.39 is 15.8 Å². The first-order valence-corrected chi connectivity index (χ1v) is 8.31. The zero-order valence-electron chi connectivity index (χ0n) is 12.2. The molecule has 1 aromatic carbocycles. The summed E-state index contributed by atoms with van der Waals surface area (Å²) < 4.78 is 23.0. The van der Waals surface area contributed by atoms with Crippen molar-refractivity contribution in [3.8, 4) is 0 Å². The molecule has 0 aliphatic heterocycles. The van der Waals surface area contributed by atoms with Gasteiger partial charge in [0.2, 0.25) is 5.91 Å². The Hall–Kier alpha value is -1.89. The Morgan fingerprint density at radius 3 is 2.43 bits per heavy atom. The average Bonchev–Trinajstić information content (AvgIpc) is 2.28. The number of sulfone groups is 1. The fourth-order valence-electron chi connectivity index (χ4n) is 1.85. The van der Waals surface area contributed by atoms with Gasteiger partial charge in [0.05, 0.1) is 4.90 Å². The molecule has 7 heteroatoms. The van der Waals surface area contributed by atoms with Crippen LogP contribution in [0.3, 0.4) is 0 Å². The smallest absolute Gasteiger partial charge is 0.303 e. The van der Waals surface area contributed by atoms with Crippen LogP contribution in [0.2, 0.25) is 0 Å². The number of aliphatic carboxylic acids is 1. The fraction of sp³-hybridized carbons (Fsp3) is 0.429. The summed E-state index contributed by atoms with van der Waals surface area (Å²) in [5, 5.41) is 11.3. The van der Waals surface area contributed by atoms with Crippen LogP contribution in [0, 0.1) is 12.8 Å². The van der Waals surface area contributed by atoms with Gasteiger partial charge in [0.25, 0.3) is 0 Å². The molecule has 1 amide bonds. The molecule has 21 heavy (non-hydrogen) atoms. The highest BCUT2D eigenvalue weighted by molar-refractivity contribution is 7.90. The first-order valence-electron chi connectivity index (χ1n) is 6.42. The van der Waals surface area contributed by atoms with Gasteiger partial charge in [-0.3, -0.25) is 9.59 Å². The number of hydrogen-bond donors (Lipinski definition) is 2. The lowest BCUT2D eigenvalue weighted by molar-refractivity contribution is -0.138. The molecule has 6 nitrogen and oxygen atoms in total. The molecule has 1 aromatic rings. The Morgan fingerprint density at radius 2 is 1.90 bits per heavy atom. The molecular weight excluding hydrogens is 294 g/mol. The van der Waals surface area contributed by atoms with Crippen LogP contribution in [0.1, 0.15) is 25.3 Å². The predicted molar refractivity (Wildman–Crippen MR) is 79.0 cm³/mol. The Labute approximate surface area is 124 Å². The Balaban J connectivity index is 2.83. The summed E-state index contributed by atoms with van der Waals surface area (Å²) >= 11 is 0. The lowest BCUT2D eigenvalue weighted by atomic mass is 10.0. The number of amides is 1. The topological polar surface area (TPSA) is 101 Å². The van der Waals surface area contributed by atoms with Gasteiger partial charge in [-0.2, -0.15) is 0 Å². The molecule has 0 radical (unpaired) electrons. The van der Waals surface area contributed by atoms with Gasteiger partial charge in [0.15, 0.2) is 9.84 Å². The van der Waals surface area contributed by atoms with Crippen molar-refractivity contribution in [2.24, 2.45) is 5.92 Å². The van der Waals surface area contributed by atoms with E-state index in [1.807, 2.05) is 0 Å². The molecular formula is C14H19NO5S. The highest BCUT2D eigenvalue weighted by Crippen LogP contribution is 2.21. The number of rotatable bonds is 6. The third-order valence-electron chi connectivity index (χ3n) is 2.97. The van der Waals surface area contributed by atoms with Crippen molar-refractivity contribution in [2.45, 2.75) is 31.6 Å². The van der Waals surface area contributed by atoms with Crippen LogP contribution >= 0.6 is 0 Å². The molecule has 0 spiro atoms. The molecule has 1 unspecified atom stereocenters. The Kier molecular flexibility index (Phi) is 5.48. The van der Waals surface area contributed by atoms with Gasteiger partial charge in [-0.15, -0.1) is 0 Å². The molecule has 1 atom stereocenters. The van der Waals surface area contributed by atoms with E-state index in [9.17, 15) is 18.0 Å². The standard InChI is InChI=1S/C14H19NO5S/c1-9(7-14(17)18)6-13(16)15-12-8-11(21(3,19)20)5-4-10(12)2/h4-5,8-9H,6-7H2,1-3H3,(H,15,16)(H,17,18). The van der Waals surface area contributed by atoms with Crippen LogP contribution in [0.4, 0.5) is 5.69 Å². The zero-order chi connectivity index (χ0) is 16.2. The van der Waals surface area contributed by atoms with Gasteiger partial charge < -0.3 is 10.4 Å². The van der Waals surface area contributed by atoms with Gasteiger partial charge >= 0.3 is 5.97 Å². The van der Waals surface area contributed by atoms with Gasteiger partial charge in [-0.05, 0) is 30.5 Å². The van der Waals surface area contributed by atoms with Gasteiger partial charge in [0.1, 0.15) is 0 Å². The van der Waals surface area contributed by atoms with Crippen molar-refractivity contribution in [3.63, 3.8) is 0 Å². The molecule has 0 bridgehead atoms. The van der Waals surface area contributed by atoms with Crippen molar-refractivity contribution in [1.82, 2.24) is 0 Å². The van der Waals surface area contributed by atoms with Gasteiger partial charge in [-0.1, -0.05) is 13.0 Å². The average molecular weight is 313 g/mol. The molecule has 2 N–H and O–H groups in total. The summed E-state index contributed by atoms with van der Waals surface area (Å²) in [6.07, 6.45) is 1.07. The maximum Gasteiger partial charge on any atom is 0.303 e. The number of carbonyl (C=O) groups is 2. The monoisotopic (exact) mass is 313 g/mol. The second-order valence-electron chi connectivity index (χ2n) is 5.20. The van der Waals surface area contributed by atoms with E-state index in [-0.39, 0.29) is 29.6 Å². The third kappa shape index (κ3) is 5.55. The number of hydrogen-bond acceptors (Lipinski definition) is 4. The molecule has 0 aliphatic carbocycles. The van der Waals surface area contributed by atoms with E-state index in [1.165, 1.54) is 12.1 Å². The minimum Gasteiger partial charge on any atom is -0.481 e. The highest BCUT2D eigenvalue weighted by atomic mass is 32.2. The second kappa shape index (κ2) is 6.71. The largest absolute Gasteiger partial charge is 0.481 e. The number of nitrogens with one attached hydrogen (secondary N) is 1. The lowest BCUT2D eigenvalue weighted by Crippen LogP contribution is -2.17. The van der Waals surface area contributed by atoms with Gasteiger partial charge in [0, 0.05) is 24.8 Å². The van der Waals surface area contributed by atoms with Crippen molar-refractivity contribution in [1.29, 1.82) is 0 Å². The number of carboxylic acid groups (broad SMARTS) is 1. The maximum absolute atomic E-state index is 11.9. The fourth-order valence-corrected chi connectivity index (χ4v) is 2.50. The van der Waals surface area contributed by atoms with Crippen molar-refractivity contribution < 1.29 is 23.1 Å². The van der Waals surface area contributed by atoms with E-state index in [1.54, 1.807) is 19.9 Å². The second-order valence-corrected chi connectivity index (χ2v) is 7.22. The number of benzene rings is 1. The molecule has 116 valence electrons. The summed E-state index contributed by atoms with van der Waals surface area (Å²) in [4.78, 5) is 22.6. The highest BCUT2D eigenvalue weighted by Gasteiger charge is 2.15.